The van der Waals surface area contributed by atoms with E-state index in [-0.39, 0.29) is 12.2 Å². The van der Waals surface area contributed by atoms with Crippen molar-refractivity contribution in [1.82, 2.24) is 5.32 Å². The smallest absolute Gasteiger partial charge is 0.335 e. The Labute approximate surface area is 178 Å². The minimum Gasteiger partial charge on any atom is -0.490 e. The highest BCUT2D eigenvalue weighted by atomic mass is 16.5. The Morgan fingerprint density at radius 3 is 2.42 bits per heavy atom. The lowest BCUT2D eigenvalue weighted by atomic mass is 10.1. The van der Waals surface area contributed by atoms with Gasteiger partial charge in [0.2, 0.25) is 0 Å². The van der Waals surface area contributed by atoms with E-state index in [1.54, 1.807) is 43.3 Å². The van der Waals surface area contributed by atoms with Gasteiger partial charge >= 0.3 is 6.03 Å². The molecule has 1 fully saturated rings. The zero-order chi connectivity index (χ0) is 22.5. The topological polar surface area (TPSA) is 128 Å². The van der Waals surface area contributed by atoms with E-state index in [9.17, 15) is 19.2 Å². The zero-order valence-electron chi connectivity index (χ0n) is 17.0. The van der Waals surface area contributed by atoms with Crippen LogP contribution < -0.4 is 25.4 Å². The fourth-order valence-electron chi connectivity index (χ4n) is 2.90. The summed E-state index contributed by atoms with van der Waals surface area (Å²) in [6.07, 6.45) is 1.35. The molecular formula is C22H21N3O6. The minimum atomic E-state index is -0.818. The van der Waals surface area contributed by atoms with Gasteiger partial charge in [-0.3, -0.25) is 19.7 Å². The van der Waals surface area contributed by atoms with Gasteiger partial charge in [0.1, 0.15) is 5.57 Å². The van der Waals surface area contributed by atoms with Gasteiger partial charge in [-0.05, 0) is 49.8 Å². The van der Waals surface area contributed by atoms with Crippen LogP contribution in [0.4, 0.5) is 10.5 Å². The third-order valence-electron chi connectivity index (χ3n) is 4.34. The number of amides is 5. The molecule has 31 heavy (non-hydrogen) atoms. The highest BCUT2D eigenvalue weighted by Crippen LogP contribution is 2.30. The Kier molecular flexibility index (Phi) is 6.35. The standard InChI is InChI=1S/C22H21N3O6/c1-3-30-18-11-14(6-9-17(18)31-12-19(23)26)10-16-20(27)24-22(29)25(21(16)28)15-7-4-13(2)5-8-15/h4-11H,3,12H2,1-2H3,(H2,23,26)(H,24,27,29)/b16-10+. The monoisotopic (exact) mass is 423 g/mol. The largest absolute Gasteiger partial charge is 0.490 e. The molecule has 9 heteroatoms. The molecule has 3 rings (SSSR count). The molecule has 1 heterocycles. The summed E-state index contributed by atoms with van der Waals surface area (Å²) < 4.78 is 10.8. The third-order valence-corrected chi connectivity index (χ3v) is 4.34. The van der Waals surface area contributed by atoms with Crippen LogP contribution in [-0.2, 0) is 14.4 Å². The van der Waals surface area contributed by atoms with E-state index in [0.29, 0.717) is 29.4 Å². The van der Waals surface area contributed by atoms with Crippen molar-refractivity contribution in [2.45, 2.75) is 13.8 Å². The molecule has 0 aliphatic carbocycles. The molecule has 0 saturated carbocycles. The van der Waals surface area contributed by atoms with Crippen LogP contribution in [0.2, 0.25) is 0 Å². The molecular weight excluding hydrogens is 402 g/mol. The van der Waals surface area contributed by atoms with Gasteiger partial charge in [-0.25, -0.2) is 9.69 Å². The number of nitrogens with two attached hydrogens (primary N) is 1. The van der Waals surface area contributed by atoms with Crippen molar-refractivity contribution in [2.75, 3.05) is 18.1 Å². The van der Waals surface area contributed by atoms with Gasteiger partial charge in [0.15, 0.2) is 18.1 Å². The molecule has 0 unspecified atom stereocenters. The van der Waals surface area contributed by atoms with Gasteiger partial charge in [0.25, 0.3) is 17.7 Å². The van der Waals surface area contributed by atoms with Crippen LogP contribution in [0, 0.1) is 6.92 Å². The number of hydrogen-bond donors (Lipinski definition) is 2. The molecule has 9 nitrogen and oxygen atoms in total. The minimum absolute atomic E-state index is 0.214. The predicted molar refractivity (Wildman–Crippen MR) is 112 cm³/mol. The number of nitrogens with one attached hydrogen (secondary N) is 1. The van der Waals surface area contributed by atoms with E-state index < -0.39 is 23.8 Å². The summed E-state index contributed by atoms with van der Waals surface area (Å²) in [5.74, 6) is -1.58. The average Bonchev–Trinajstić information content (AvgIpc) is 2.72. The van der Waals surface area contributed by atoms with Crippen molar-refractivity contribution in [3.05, 3.63) is 59.2 Å². The molecule has 0 radical (unpaired) electrons. The quantitative estimate of drug-likeness (QED) is 0.517. The first kappa shape index (κ1) is 21.6. The lowest BCUT2D eigenvalue weighted by molar-refractivity contribution is -0.123. The summed E-state index contributed by atoms with van der Waals surface area (Å²) in [5, 5.41) is 2.18. The van der Waals surface area contributed by atoms with Crippen LogP contribution in [0.15, 0.2) is 48.0 Å². The summed E-state index contributed by atoms with van der Waals surface area (Å²) in [7, 11) is 0. The molecule has 0 spiro atoms. The maximum absolute atomic E-state index is 13.0. The number of hydrogen-bond acceptors (Lipinski definition) is 6. The summed E-state index contributed by atoms with van der Waals surface area (Å²) >= 11 is 0. The Bertz CT molecular complexity index is 1080. The van der Waals surface area contributed by atoms with Crippen LogP contribution in [0.1, 0.15) is 18.1 Å². The second-order valence-electron chi connectivity index (χ2n) is 6.69. The molecule has 0 bridgehead atoms. The summed E-state index contributed by atoms with van der Waals surface area (Å²) in [6, 6.07) is 10.6. The Morgan fingerprint density at radius 1 is 1.06 bits per heavy atom. The van der Waals surface area contributed by atoms with Gasteiger partial charge in [0, 0.05) is 0 Å². The molecule has 2 aromatic carbocycles. The van der Waals surface area contributed by atoms with Crippen LogP contribution in [-0.4, -0.2) is 37.0 Å². The number of ether oxygens (including phenoxy) is 2. The summed E-state index contributed by atoms with van der Waals surface area (Å²) in [6.45, 7) is 3.65. The number of imide groups is 2. The number of anilines is 1. The van der Waals surface area contributed by atoms with Crippen molar-refractivity contribution in [3.8, 4) is 11.5 Å². The van der Waals surface area contributed by atoms with Crippen LogP contribution in [0.5, 0.6) is 11.5 Å². The number of aryl methyl sites for hydroxylation is 1. The molecule has 1 aliphatic heterocycles. The Balaban J connectivity index is 1.95. The van der Waals surface area contributed by atoms with Crippen LogP contribution in [0.25, 0.3) is 6.08 Å². The molecule has 0 aromatic heterocycles. The Morgan fingerprint density at radius 2 is 1.77 bits per heavy atom. The number of urea groups is 1. The van der Waals surface area contributed by atoms with E-state index in [2.05, 4.69) is 5.32 Å². The number of carbonyl (C=O) groups is 4. The highest BCUT2D eigenvalue weighted by Gasteiger charge is 2.36. The van der Waals surface area contributed by atoms with E-state index in [0.717, 1.165) is 10.5 Å². The first-order valence-electron chi connectivity index (χ1n) is 9.46. The maximum atomic E-state index is 13.0. The fraction of sp³-hybridized carbons (Fsp3) is 0.182. The number of barbiturate groups is 1. The van der Waals surface area contributed by atoms with Crippen molar-refractivity contribution in [3.63, 3.8) is 0 Å². The van der Waals surface area contributed by atoms with Gasteiger partial charge < -0.3 is 15.2 Å². The second-order valence-corrected chi connectivity index (χ2v) is 6.69. The highest BCUT2D eigenvalue weighted by molar-refractivity contribution is 6.39. The first-order chi connectivity index (χ1) is 14.8. The molecule has 5 amide bonds. The fourth-order valence-corrected chi connectivity index (χ4v) is 2.90. The lowest BCUT2D eigenvalue weighted by Crippen LogP contribution is -2.54. The number of carbonyl (C=O) groups excluding carboxylic acids is 4. The van der Waals surface area contributed by atoms with E-state index >= 15 is 0 Å². The van der Waals surface area contributed by atoms with Crippen molar-refractivity contribution in [1.29, 1.82) is 0 Å². The summed E-state index contributed by atoms with van der Waals surface area (Å²) in [5.41, 5.74) is 6.66. The van der Waals surface area contributed by atoms with Gasteiger partial charge in [0.05, 0.1) is 12.3 Å². The number of benzene rings is 2. The predicted octanol–water partition coefficient (Wildman–Crippen LogP) is 1.92. The molecule has 0 atom stereocenters. The number of nitrogens with zero attached hydrogens (tertiary/aromatic N) is 1. The Hall–Kier alpha value is -4.14. The van der Waals surface area contributed by atoms with E-state index in [4.69, 9.17) is 15.2 Å². The molecule has 1 saturated heterocycles. The molecule has 3 N–H and O–H groups in total. The van der Waals surface area contributed by atoms with Crippen molar-refractivity contribution < 1.29 is 28.7 Å². The van der Waals surface area contributed by atoms with Crippen molar-refractivity contribution >= 4 is 35.5 Å². The molecule has 1 aliphatic rings. The van der Waals surface area contributed by atoms with Crippen LogP contribution >= 0.6 is 0 Å². The zero-order valence-corrected chi connectivity index (χ0v) is 17.0. The molecule has 160 valence electrons. The van der Waals surface area contributed by atoms with Crippen LogP contribution in [0.3, 0.4) is 0 Å². The van der Waals surface area contributed by atoms with E-state index in [1.807, 2.05) is 6.92 Å². The van der Waals surface area contributed by atoms with E-state index in [1.165, 1.54) is 12.1 Å². The van der Waals surface area contributed by atoms with Gasteiger partial charge in [-0.1, -0.05) is 23.8 Å². The lowest BCUT2D eigenvalue weighted by Gasteiger charge is -2.26. The average molecular weight is 423 g/mol. The SMILES string of the molecule is CCOc1cc(/C=C2\C(=O)NC(=O)N(c3ccc(C)cc3)C2=O)ccc1OCC(N)=O. The molecule has 2 aromatic rings. The summed E-state index contributed by atoms with van der Waals surface area (Å²) in [4.78, 5) is 49.5. The van der Waals surface area contributed by atoms with Gasteiger partial charge in [-0.15, -0.1) is 0 Å². The second kappa shape index (κ2) is 9.12. The maximum Gasteiger partial charge on any atom is 0.335 e. The number of primary amides is 1. The van der Waals surface area contributed by atoms with Crippen molar-refractivity contribution in [2.24, 2.45) is 5.73 Å². The normalized spacial score (nSPS) is 15.1. The first-order valence-corrected chi connectivity index (χ1v) is 9.46. The third kappa shape index (κ3) is 4.89. The number of rotatable bonds is 7. The van der Waals surface area contributed by atoms with Gasteiger partial charge in [-0.2, -0.15) is 0 Å².